The lowest BCUT2D eigenvalue weighted by molar-refractivity contribution is 1.24. The van der Waals surface area contributed by atoms with E-state index >= 15 is 0 Å². The molecule has 2 aromatic heterocycles. The van der Waals surface area contributed by atoms with Crippen LogP contribution in [0, 0.1) is 23.7 Å². The first-order chi connectivity index (χ1) is 8.83. The maximum Gasteiger partial charge on any atom is 0.0887 e. The third-order valence-corrected chi connectivity index (χ3v) is 2.33. The van der Waals surface area contributed by atoms with Gasteiger partial charge in [-0.05, 0) is 38.1 Å². The molecule has 0 radical (unpaired) electrons. The summed E-state index contributed by atoms with van der Waals surface area (Å²) in [6, 6.07) is 7.74. The number of hydrogen-bond donors (Lipinski definition) is 0. The predicted octanol–water partition coefficient (Wildman–Crippen LogP) is 2.89. The van der Waals surface area contributed by atoms with Gasteiger partial charge < -0.3 is 0 Å². The van der Waals surface area contributed by atoms with Crippen molar-refractivity contribution in [3.8, 4) is 35.1 Å². The molecule has 0 atom stereocenters. The lowest BCUT2D eigenvalue weighted by atomic mass is 10.2. The molecule has 0 saturated heterocycles. The van der Waals surface area contributed by atoms with Gasteiger partial charge in [0, 0.05) is 23.5 Å². The van der Waals surface area contributed by atoms with Crippen molar-refractivity contribution >= 4 is 0 Å². The van der Waals surface area contributed by atoms with E-state index in [2.05, 4.69) is 33.6 Å². The lowest BCUT2D eigenvalue weighted by Crippen LogP contribution is -1.88. The largest absolute Gasteiger partial charge is 0.253 e. The monoisotopic (exact) mass is 232 g/mol. The summed E-state index contributed by atoms with van der Waals surface area (Å²) in [5, 5.41) is 0. The fourth-order valence-electron chi connectivity index (χ4n) is 1.53. The molecule has 0 bridgehead atoms. The number of nitrogens with zero attached hydrogens (tertiary/aromatic N) is 2. The molecule has 2 heteroatoms. The summed E-state index contributed by atoms with van der Waals surface area (Å²) in [5.41, 5.74) is 3.50. The molecule has 0 N–H and O–H groups in total. The Morgan fingerprint density at radius 1 is 0.722 bits per heavy atom. The molecule has 0 aliphatic heterocycles. The van der Waals surface area contributed by atoms with Crippen molar-refractivity contribution in [1.29, 1.82) is 0 Å². The molecule has 86 valence electrons. The Morgan fingerprint density at radius 2 is 1.17 bits per heavy atom. The quantitative estimate of drug-likeness (QED) is 0.706. The van der Waals surface area contributed by atoms with Crippen molar-refractivity contribution in [2.45, 2.75) is 13.8 Å². The van der Waals surface area contributed by atoms with Crippen LogP contribution in [-0.4, -0.2) is 9.97 Å². The Kier molecular flexibility index (Phi) is 3.74. The standard InChI is InChI=1S/C16H12N2/c1-3-5-13-7-9-15(17-11-13)16-10-8-14(6-4-2)12-18-16/h7-12H,1-2H3. The summed E-state index contributed by atoms with van der Waals surface area (Å²) in [7, 11) is 0. The maximum atomic E-state index is 4.34. The molecule has 0 unspecified atom stereocenters. The minimum absolute atomic E-state index is 0.840. The van der Waals surface area contributed by atoms with E-state index in [0.29, 0.717) is 0 Å². The molecule has 0 aliphatic rings. The van der Waals surface area contributed by atoms with Crippen LogP contribution in [0.2, 0.25) is 0 Å². The molecule has 0 fully saturated rings. The van der Waals surface area contributed by atoms with Crippen LogP contribution >= 0.6 is 0 Å². The Morgan fingerprint density at radius 3 is 1.44 bits per heavy atom. The van der Waals surface area contributed by atoms with Gasteiger partial charge in [-0.15, -0.1) is 11.8 Å². The molecule has 0 spiro atoms. The Labute approximate surface area is 107 Å². The summed E-state index contributed by atoms with van der Waals surface area (Å²) in [6.07, 6.45) is 3.51. The van der Waals surface area contributed by atoms with Crippen LogP contribution in [0.1, 0.15) is 25.0 Å². The zero-order valence-electron chi connectivity index (χ0n) is 10.4. The summed E-state index contributed by atoms with van der Waals surface area (Å²) in [6.45, 7) is 3.62. The molecule has 0 amide bonds. The van der Waals surface area contributed by atoms with E-state index in [4.69, 9.17) is 0 Å². The van der Waals surface area contributed by atoms with E-state index in [-0.39, 0.29) is 0 Å². The van der Waals surface area contributed by atoms with Crippen LogP contribution in [0.3, 0.4) is 0 Å². The van der Waals surface area contributed by atoms with E-state index in [1.54, 1.807) is 12.4 Å². The zero-order valence-corrected chi connectivity index (χ0v) is 10.4. The fourth-order valence-corrected chi connectivity index (χ4v) is 1.53. The summed E-state index contributed by atoms with van der Waals surface area (Å²) < 4.78 is 0. The zero-order chi connectivity index (χ0) is 12.8. The van der Waals surface area contributed by atoms with Crippen molar-refractivity contribution in [3.05, 3.63) is 47.8 Å². The Balaban J connectivity index is 2.29. The number of rotatable bonds is 1. The topological polar surface area (TPSA) is 25.8 Å². The first kappa shape index (κ1) is 11.9. The molecule has 2 nitrogen and oxygen atoms in total. The second kappa shape index (κ2) is 5.66. The van der Waals surface area contributed by atoms with Gasteiger partial charge in [0.25, 0.3) is 0 Å². The van der Waals surface area contributed by atoms with Crippen LogP contribution in [0.5, 0.6) is 0 Å². The lowest BCUT2D eigenvalue weighted by Gasteiger charge is -2.00. The third-order valence-electron chi connectivity index (χ3n) is 2.33. The number of aromatic nitrogens is 2. The van der Waals surface area contributed by atoms with Gasteiger partial charge in [-0.2, -0.15) is 0 Å². The van der Waals surface area contributed by atoms with Gasteiger partial charge in [0.2, 0.25) is 0 Å². The van der Waals surface area contributed by atoms with Gasteiger partial charge in [0.1, 0.15) is 0 Å². The van der Waals surface area contributed by atoms with Crippen molar-refractivity contribution < 1.29 is 0 Å². The van der Waals surface area contributed by atoms with Crippen LogP contribution < -0.4 is 0 Å². The normalized spacial score (nSPS) is 8.78. The molecule has 2 rings (SSSR count). The van der Waals surface area contributed by atoms with Crippen molar-refractivity contribution in [2.24, 2.45) is 0 Å². The highest BCUT2D eigenvalue weighted by Crippen LogP contribution is 2.14. The Bertz CT molecular complexity index is 583. The SMILES string of the molecule is CC#Cc1ccc(-c2ccc(C#CC)cn2)nc1. The minimum Gasteiger partial charge on any atom is -0.253 e. The van der Waals surface area contributed by atoms with Crippen LogP contribution in [0.25, 0.3) is 11.4 Å². The van der Waals surface area contributed by atoms with Gasteiger partial charge in [-0.25, -0.2) is 0 Å². The first-order valence-electron chi connectivity index (χ1n) is 5.61. The van der Waals surface area contributed by atoms with Gasteiger partial charge >= 0.3 is 0 Å². The fraction of sp³-hybridized carbons (Fsp3) is 0.125. The smallest absolute Gasteiger partial charge is 0.0887 e. The summed E-state index contributed by atoms with van der Waals surface area (Å²) in [5.74, 6) is 11.6. The molecule has 2 aromatic rings. The predicted molar refractivity (Wildman–Crippen MR) is 72.6 cm³/mol. The van der Waals surface area contributed by atoms with E-state index in [0.717, 1.165) is 22.5 Å². The average Bonchev–Trinajstić information content (AvgIpc) is 2.41. The highest BCUT2D eigenvalue weighted by molar-refractivity contribution is 5.55. The van der Waals surface area contributed by atoms with Crippen molar-refractivity contribution in [3.63, 3.8) is 0 Å². The number of hydrogen-bond acceptors (Lipinski definition) is 2. The van der Waals surface area contributed by atoms with Crippen LogP contribution in [0.15, 0.2) is 36.7 Å². The van der Waals surface area contributed by atoms with Gasteiger partial charge in [0.05, 0.1) is 11.4 Å². The molecule has 0 aliphatic carbocycles. The van der Waals surface area contributed by atoms with E-state index in [1.165, 1.54) is 0 Å². The highest BCUT2D eigenvalue weighted by Gasteiger charge is 2.00. The average molecular weight is 232 g/mol. The maximum absolute atomic E-state index is 4.34. The molecule has 18 heavy (non-hydrogen) atoms. The van der Waals surface area contributed by atoms with Gasteiger partial charge in [0.15, 0.2) is 0 Å². The summed E-state index contributed by atoms with van der Waals surface area (Å²) >= 11 is 0. The third kappa shape index (κ3) is 2.75. The molecule has 0 aromatic carbocycles. The van der Waals surface area contributed by atoms with Crippen LogP contribution in [0.4, 0.5) is 0 Å². The van der Waals surface area contributed by atoms with Gasteiger partial charge in [-0.3, -0.25) is 9.97 Å². The number of pyridine rings is 2. The van der Waals surface area contributed by atoms with E-state index < -0.39 is 0 Å². The van der Waals surface area contributed by atoms with Crippen molar-refractivity contribution in [1.82, 2.24) is 9.97 Å². The molecule has 0 saturated carbocycles. The Hall–Kier alpha value is -2.58. The minimum atomic E-state index is 0.840. The molecule has 2 heterocycles. The van der Waals surface area contributed by atoms with Crippen LogP contribution in [-0.2, 0) is 0 Å². The van der Waals surface area contributed by atoms with E-state index in [9.17, 15) is 0 Å². The highest BCUT2D eigenvalue weighted by atomic mass is 14.8. The second-order valence-corrected chi connectivity index (χ2v) is 3.61. The van der Waals surface area contributed by atoms with Crippen molar-refractivity contribution in [2.75, 3.05) is 0 Å². The van der Waals surface area contributed by atoms with E-state index in [1.807, 2.05) is 38.1 Å². The summed E-state index contributed by atoms with van der Waals surface area (Å²) in [4.78, 5) is 8.68. The molecular weight excluding hydrogens is 220 g/mol. The second-order valence-electron chi connectivity index (χ2n) is 3.61. The molecular formula is C16H12N2. The van der Waals surface area contributed by atoms with Gasteiger partial charge in [-0.1, -0.05) is 11.8 Å². The first-order valence-corrected chi connectivity index (χ1v) is 5.61.